The highest BCUT2D eigenvalue weighted by atomic mass is 32.1. The summed E-state index contributed by atoms with van der Waals surface area (Å²) in [6, 6.07) is 2.68. The zero-order valence-corrected chi connectivity index (χ0v) is 12.7. The molecular weight excluding hydrogens is 280 g/mol. The molecule has 0 amide bonds. The van der Waals surface area contributed by atoms with E-state index in [9.17, 15) is 5.26 Å². The molecular formula is C16H18N4S. The summed E-state index contributed by atoms with van der Waals surface area (Å²) in [6.45, 7) is 0. The maximum Gasteiger partial charge on any atom is 0.138 e. The van der Waals surface area contributed by atoms with Gasteiger partial charge in [0.15, 0.2) is 0 Å². The molecule has 2 heterocycles. The number of fused-ring (bicyclic) bond motifs is 3. The molecule has 4 rings (SSSR count). The van der Waals surface area contributed by atoms with Crippen molar-refractivity contribution in [2.24, 2.45) is 5.92 Å². The molecule has 5 heteroatoms. The van der Waals surface area contributed by atoms with Crippen molar-refractivity contribution >= 4 is 27.4 Å². The van der Waals surface area contributed by atoms with Gasteiger partial charge in [0, 0.05) is 10.9 Å². The van der Waals surface area contributed by atoms with E-state index in [1.54, 1.807) is 6.33 Å². The second-order valence-electron chi connectivity index (χ2n) is 6.03. The van der Waals surface area contributed by atoms with Gasteiger partial charge in [0.2, 0.25) is 0 Å². The van der Waals surface area contributed by atoms with Crippen molar-refractivity contribution in [2.45, 2.75) is 51.0 Å². The van der Waals surface area contributed by atoms with E-state index in [2.05, 4.69) is 21.4 Å². The molecule has 1 N–H and O–H groups in total. The molecule has 0 saturated heterocycles. The molecule has 108 valence electrons. The van der Waals surface area contributed by atoms with E-state index < -0.39 is 0 Å². The largest absolute Gasteiger partial charge is 0.365 e. The van der Waals surface area contributed by atoms with Crippen LogP contribution in [0.5, 0.6) is 0 Å². The fraction of sp³-hybridized carbons (Fsp3) is 0.562. The van der Waals surface area contributed by atoms with Crippen molar-refractivity contribution in [3.8, 4) is 6.07 Å². The summed E-state index contributed by atoms with van der Waals surface area (Å²) in [4.78, 5) is 11.5. The lowest BCUT2D eigenvalue weighted by Gasteiger charge is -2.18. The van der Waals surface area contributed by atoms with Crippen LogP contribution in [0.15, 0.2) is 6.33 Å². The highest BCUT2D eigenvalue weighted by molar-refractivity contribution is 7.19. The Morgan fingerprint density at radius 1 is 1.19 bits per heavy atom. The van der Waals surface area contributed by atoms with Crippen molar-refractivity contribution in [3.05, 3.63) is 16.8 Å². The third-order valence-electron chi connectivity index (χ3n) is 4.76. The Kier molecular flexibility index (Phi) is 3.27. The zero-order valence-electron chi connectivity index (χ0n) is 11.9. The average molecular weight is 298 g/mol. The van der Waals surface area contributed by atoms with Gasteiger partial charge in [0.05, 0.1) is 17.4 Å². The van der Waals surface area contributed by atoms with E-state index in [1.165, 1.54) is 35.1 Å². The fourth-order valence-corrected chi connectivity index (χ4v) is 4.89. The maximum absolute atomic E-state index is 9.26. The van der Waals surface area contributed by atoms with Crippen LogP contribution in [0.25, 0.3) is 10.2 Å². The van der Waals surface area contributed by atoms with Gasteiger partial charge in [-0.1, -0.05) is 0 Å². The first-order chi connectivity index (χ1) is 10.4. The number of anilines is 1. The number of aromatic nitrogens is 2. The molecule has 0 bridgehead atoms. The second kappa shape index (κ2) is 5.27. The lowest BCUT2D eigenvalue weighted by atomic mass is 9.97. The molecule has 2 aliphatic rings. The third kappa shape index (κ3) is 2.18. The van der Waals surface area contributed by atoms with Crippen LogP contribution in [-0.4, -0.2) is 16.0 Å². The number of nitrogens with one attached hydrogen (secondary N) is 1. The molecule has 21 heavy (non-hydrogen) atoms. The minimum absolute atomic E-state index is 0.115. The Morgan fingerprint density at radius 2 is 2.10 bits per heavy atom. The van der Waals surface area contributed by atoms with Crippen LogP contribution in [0.3, 0.4) is 0 Å². The van der Waals surface area contributed by atoms with Gasteiger partial charge in [0.1, 0.15) is 17.0 Å². The Balaban J connectivity index is 1.75. The number of nitriles is 1. The summed E-state index contributed by atoms with van der Waals surface area (Å²) in [5, 5.41) is 14.0. The summed E-state index contributed by atoms with van der Waals surface area (Å²) >= 11 is 1.82. The van der Waals surface area contributed by atoms with Gasteiger partial charge in [0.25, 0.3) is 0 Å². The Labute approximate surface area is 128 Å². The minimum atomic E-state index is 0.115. The van der Waals surface area contributed by atoms with Gasteiger partial charge in [-0.25, -0.2) is 9.97 Å². The van der Waals surface area contributed by atoms with E-state index >= 15 is 0 Å². The van der Waals surface area contributed by atoms with Crippen LogP contribution in [0, 0.1) is 17.2 Å². The normalized spacial score (nSPS) is 24.7. The number of aryl methyl sites for hydroxylation is 2. The van der Waals surface area contributed by atoms with Gasteiger partial charge in [-0.2, -0.15) is 5.26 Å². The highest BCUT2D eigenvalue weighted by Crippen LogP contribution is 2.39. The smallest absolute Gasteiger partial charge is 0.138 e. The van der Waals surface area contributed by atoms with Crippen molar-refractivity contribution in [1.29, 1.82) is 5.26 Å². The predicted octanol–water partition coefficient (Wildman–Crippen LogP) is 3.67. The highest BCUT2D eigenvalue weighted by Gasteiger charge is 2.28. The Morgan fingerprint density at radius 3 is 3.00 bits per heavy atom. The van der Waals surface area contributed by atoms with E-state index in [1.807, 2.05) is 11.3 Å². The molecule has 1 saturated carbocycles. The lowest BCUT2D eigenvalue weighted by molar-refractivity contribution is 0.628. The van der Waals surface area contributed by atoms with Crippen LogP contribution < -0.4 is 5.32 Å². The average Bonchev–Trinajstić information content (AvgIpc) is 3.11. The fourth-order valence-electron chi connectivity index (χ4n) is 3.66. The monoisotopic (exact) mass is 298 g/mol. The zero-order chi connectivity index (χ0) is 14.2. The first kappa shape index (κ1) is 13.0. The summed E-state index contributed by atoms with van der Waals surface area (Å²) in [5.41, 5.74) is 1.45. The van der Waals surface area contributed by atoms with Gasteiger partial charge >= 0.3 is 0 Å². The van der Waals surface area contributed by atoms with Crippen LogP contribution in [0.1, 0.15) is 42.5 Å². The molecule has 0 aliphatic heterocycles. The summed E-state index contributed by atoms with van der Waals surface area (Å²) in [6.07, 6.45) is 9.73. The number of thiophene rings is 1. The van der Waals surface area contributed by atoms with Crippen LogP contribution >= 0.6 is 11.3 Å². The quantitative estimate of drug-likeness (QED) is 0.918. The topological polar surface area (TPSA) is 61.6 Å². The molecule has 4 nitrogen and oxygen atoms in total. The van der Waals surface area contributed by atoms with E-state index in [0.29, 0.717) is 0 Å². The second-order valence-corrected chi connectivity index (χ2v) is 7.11. The van der Waals surface area contributed by atoms with Crippen LogP contribution in [0.4, 0.5) is 5.82 Å². The first-order valence-corrected chi connectivity index (χ1v) is 8.60. The van der Waals surface area contributed by atoms with Crippen molar-refractivity contribution < 1.29 is 0 Å². The number of rotatable bonds is 2. The molecule has 0 spiro atoms. The molecule has 2 aromatic heterocycles. The Hall–Kier alpha value is -1.67. The summed E-state index contributed by atoms with van der Waals surface area (Å²) in [5.74, 6) is 1.07. The number of nitrogens with zero attached hydrogens (tertiary/aromatic N) is 3. The number of hydrogen-bond donors (Lipinski definition) is 1. The van der Waals surface area contributed by atoms with Crippen molar-refractivity contribution in [3.63, 3.8) is 0 Å². The van der Waals surface area contributed by atoms with Gasteiger partial charge in [-0.15, -0.1) is 11.3 Å². The summed E-state index contributed by atoms with van der Waals surface area (Å²) in [7, 11) is 0. The van der Waals surface area contributed by atoms with Crippen LogP contribution in [0.2, 0.25) is 0 Å². The molecule has 2 aliphatic carbocycles. The van der Waals surface area contributed by atoms with E-state index in [4.69, 9.17) is 0 Å². The Bertz CT molecular complexity index is 715. The maximum atomic E-state index is 9.26. The number of hydrogen-bond acceptors (Lipinski definition) is 5. The van der Waals surface area contributed by atoms with Gasteiger partial charge < -0.3 is 5.32 Å². The standard InChI is InChI=1S/C16H18N4S/c17-8-10-4-3-6-12(10)20-15-14-11-5-1-2-7-13(11)21-16(14)19-9-18-15/h9-10,12H,1-7H2,(H,18,19,20)/t10-,12-/m0/s1. The SMILES string of the molecule is N#C[C@@H]1CCC[C@@H]1Nc1ncnc2sc3c(c12)CCCC3. The minimum Gasteiger partial charge on any atom is -0.365 e. The van der Waals surface area contributed by atoms with E-state index in [-0.39, 0.29) is 12.0 Å². The van der Waals surface area contributed by atoms with Gasteiger partial charge in [-0.3, -0.25) is 0 Å². The van der Waals surface area contributed by atoms with Crippen molar-refractivity contribution in [1.82, 2.24) is 9.97 Å². The molecule has 2 aromatic rings. The predicted molar refractivity (Wildman–Crippen MR) is 84.4 cm³/mol. The van der Waals surface area contributed by atoms with Gasteiger partial charge in [-0.05, 0) is 50.5 Å². The lowest BCUT2D eigenvalue weighted by Crippen LogP contribution is -2.23. The molecule has 2 atom stereocenters. The van der Waals surface area contributed by atoms with E-state index in [0.717, 1.165) is 36.3 Å². The van der Waals surface area contributed by atoms with Crippen molar-refractivity contribution in [2.75, 3.05) is 5.32 Å². The molecule has 0 radical (unpaired) electrons. The molecule has 0 unspecified atom stereocenters. The first-order valence-electron chi connectivity index (χ1n) is 7.78. The third-order valence-corrected chi connectivity index (χ3v) is 5.96. The summed E-state index contributed by atoms with van der Waals surface area (Å²) < 4.78 is 0. The molecule has 1 fully saturated rings. The van der Waals surface area contributed by atoms with Crippen LogP contribution in [-0.2, 0) is 12.8 Å². The molecule has 0 aromatic carbocycles.